The molecule has 8 nitrogen and oxygen atoms in total. The molecule has 0 unspecified atom stereocenters. The van der Waals surface area contributed by atoms with E-state index in [0.29, 0.717) is 18.0 Å². The average Bonchev–Trinajstić information content (AvgIpc) is 2.87. The molecule has 1 amide bonds. The molecule has 0 saturated carbocycles. The van der Waals surface area contributed by atoms with Crippen LogP contribution in [-0.2, 0) is 19.6 Å². The Hall–Kier alpha value is -2.16. The van der Waals surface area contributed by atoms with Crippen molar-refractivity contribution in [1.82, 2.24) is 9.80 Å². The predicted molar refractivity (Wildman–Crippen MR) is 82.0 cm³/mol. The Balaban J connectivity index is 1.77. The molecule has 3 rings (SSSR count). The number of amidine groups is 1. The molecule has 0 aromatic heterocycles. The van der Waals surface area contributed by atoms with Crippen molar-refractivity contribution in [2.45, 2.75) is 6.92 Å². The maximum absolute atomic E-state index is 12.5. The molecule has 124 valence electrons. The van der Waals surface area contributed by atoms with E-state index in [4.69, 9.17) is 5.11 Å². The number of fused-ring (bicyclic) bond motifs is 1. The third-order valence-electron chi connectivity index (χ3n) is 4.29. The van der Waals surface area contributed by atoms with E-state index in [1.807, 2.05) is 6.92 Å². The van der Waals surface area contributed by atoms with Crippen molar-refractivity contribution in [1.29, 1.82) is 0 Å². The molecule has 0 bridgehead atoms. The number of hydrogen-bond donors (Lipinski definition) is 1. The van der Waals surface area contributed by atoms with E-state index in [1.165, 1.54) is 17.1 Å². The van der Waals surface area contributed by atoms with Crippen LogP contribution in [0.4, 0.5) is 0 Å². The minimum absolute atomic E-state index is 0.0931. The topological polar surface area (TPSA) is 107 Å². The van der Waals surface area contributed by atoms with Gasteiger partial charge in [-0.2, -0.15) is 0 Å². The second-order valence-corrected chi connectivity index (χ2v) is 7.73. The molecular formula is C14H17N3O5S. The molecule has 3 aliphatic rings. The van der Waals surface area contributed by atoms with E-state index in [0.717, 1.165) is 0 Å². The Bertz CT molecular complexity index is 752. The lowest BCUT2D eigenvalue weighted by Gasteiger charge is -2.28. The van der Waals surface area contributed by atoms with Gasteiger partial charge in [0, 0.05) is 25.8 Å². The summed E-state index contributed by atoms with van der Waals surface area (Å²) in [5, 5.41) is 9.15. The van der Waals surface area contributed by atoms with Gasteiger partial charge in [-0.15, -0.1) is 4.40 Å². The van der Waals surface area contributed by atoms with Gasteiger partial charge in [-0.05, 0) is 18.1 Å². The zero-order valence-corrected chi connectivity index (χ0v) is 13.4. The van der Waals surface area contributed by atoms with Gasteiger partial charge >= 0.3 is 5.97 Å². The van der Waals surface area contributed by atoms with E-state index >= 15 is 0 Å². The Labute approximate surface area is 133 Å². The highest BCUT2D eigenvalue weighted by atomic mass is 32.2. The van der Waals surface area contributed by atoms with Gasteiger partial charge in [-0.3, -0.25) is 9.59 Å². The van der Waals surface area contributed by atoms with Gasteiger partial charge in [0.25, 0.3) is 15.9 Å². The van der Waals surface area contributed by atoms with Crippen LogP contribution in [0.15, 0.2) is 28.3 Å². The van der Waals surface area contributed by atoms with Gasteiger partial charge in [0.2, 0.25) is 0 Å². The Morgan fingerprint density at radius 3 is 2.70 bits per heavy atom. The standard InChI is InChI=1S/C14H17N3O5S/c1-9-6-17(8-11(9)14(19)20)13(18)10-2-3-12-15-23(21,22)5-4-16(12)7-10/h2-3,7,9,11H,4-6,8H2,1H3,(H,19,20)/t9-,11-/m1/s1. The van der Waals surface area contributed by atoms with Crippen LogP contribution in [0.5, 0.6) is 0 Å². The van der Waals surface area contributed by atoms with Crippen LogP contribution in [0.3, 0.4) is 0 Å². The zero-order chi connectivity index (χ0) is 16.8. The van der Waals surface area contributed by atoms with Crippen molar-refractivity contribution < 1.29 is 23.1 Å². The number of aliphatic carboxylic acids is 1. The van der Waals surface area contributed by atoms with Crippen LogP contribution in [0.1, 0.15) is 6.92 Å². The highest BCUT2D eigenvalue weighted by Crippen LogP contribution is 2.26. The molecule has 2 atom stereocenters. The van der Waals surface area contributed by atoms with E-state index in [1.54, 1.807) is 11.1 Å². The lowest BCUT2D eigenvalue weighted by Crippen LogP contribution is -2.38. The number of rotatable bonds is 2. The lowest BCUT2D eigenvalue weighted by atomic mass is 9.99. The monoisotopic (exact) mass is 339 g/mol. The summed E-state index contributed by atoms with van der Waals surface area (Å²) in [7, 11) is -3.43. The third kappa shape index (κ3) is 3.00. The highest BCUT2D eigenvalue weighted by Gasteiger charge is 2.38. The maximum atomic E-state index is 12.5. The summed E-state index contributed by atoms with van der Waals surface area (Å²) in [6.07, 6.45) is 4.60. The number of sulfonamides is 1. The fourth-order valence-corrected chi connectivity index (χ4v) is 3.93. The predicted octanol–water partition coefficient (Wildman–Crippen LogP) is -0.337. The van der Waals surface area contributed by atoms with Crippen molar-refractivity contribution >= 4 is 27.7 Å². The lowest BCUT2D eigenvalue weighted by molar-refractivity contribution is -0.142. The molecule has 1 fully saturated rings. The molecular weight excluding hydrogens is 322 g/mol. The summed E-state index contributed by atoms with van der Waals surface area (Å²) in [4.78, 5) is 26.9. The maximum Gasteiger partial charge on any atom is 0.308 e. The van der Waals surface area contributed by atoms with Gasteiger partial charge < -0.3 is 14.9 Å². The Morgan fingerprint density at radius 1 is 1.30 bits per heavy atom. The number of hydrogen-bond acceptors (Lipinski definition) is 5. The van der Waals surface area contributed by atoms with Crippen molar-refractivity contribution in [3.8, 4) is 0 Å². The minimum Gasteiger partial charge on any atom is -0.481 e. The van der Waals surface area contributed by atoms with Crippen LogP contribution in [0.25, 0.3) is 0 Å². The normalized spacial score (nSPS) is 28.9. The molecule has 3 heterocycles. The molecule has 0 aromatic carbocycles. The first-order valence-corrected chi connectivity index (χ1v) is 8.89. The Kier molecular flexibility index (Phi) is 3.75. The van der Waals surface area contributed by atoms with Crippen molar-refractivity contribution in [2.75, 3.05) is 25.4 Å². The quantitative estimate of drug-likeness (QED) is 0.738. The fraction of sp³-hybridized carbons (Fsp3) is 0.500. The number of carboxylic acid groups (broad SMARTS) is 1. The number of carbonyl (C=O) groups excluding carboxylic acids is 1. The summed E-state index contributed by atoms with van der Waals surface area (Å²) in [5.41, 5.74) is 0.404. The number of amides is 1. The highest BCUT2D eigenvalue weighted by molar-refractivity contribution is 7.90. The first-order chi connectivity index (χ1) is 10.8. The smallest absolute Gasteiger partial charge is 0.308 e. The van der Waals surface area contributed by atoms with Crippen LogP contribution >= 0.6 is 0 Å². The number of likely N-dealkylation sites (tertiary alicyclic amines) is 1. The molecule has 0 aromatic rings. The molecule has 0 aliphatic carbocycles. The Morgan fingerprint density at radius 2 is 2.04 bits per heavy atom. The van der Waals surface area contributed by atoms with Crippen LogP contribution in [0, 0.1) is 11.8 Å². The molecule has 0 spiro atoms. The average molecular weight is 339 g/mol. The summed E-state index contributed by atoms with van der Waals surface area (Å²) < 4.78 is 26.6. The van der Waals surface area contributed by atoms with E-state index in [2.05, 4.69) is 4.40 Å². The van der Waals surface area contributed by atoms with Gasteiger partial charge in [-0.1, -0.05) is 6.92 Å². The molecule has 1 N–H and O–H groups in total. The van der Waals surface area contributed by atoms with Crippen molar-refractivity contribution in [3.63, 3.8) is 0 Å². The first kappa shape index (κ1) is 15.7. The van der Waals surface area contributed by atoms with E-state index in [9.17, 15) is 18.0 Å². The van der Waals surface area contributed by atoms with Gasteiger partial charge in [0.05, 0.1) is 17.2 Å². The van der Waals surface area contributed by atoms with E-state index in [-0.39, 0.29) is 30.7 Å². The minimum atomic E-state index is -3.43. The van der Waals surface area contributed by atoms with Gasteiger partial charge in [0.15, 0.2) is 0 Å². The zero-order valence-electron chi connectivity index (χ0n) is 12.5. The second-order valence-electron chi connectivity index (χ2n) is 5.98. The van der Waals surface area contributed by atoms with Crippen molar-refractivity contribution in [2.24, 2.45) is 16.2 Å². The van der Waals surface area contributed by atoms with Crippen LogP contribution in [-0.4, -0.2) is 66.4 Å². The van der Waals surface area contributed by atoms with Crippen LogP contribution in [0.2, 0.25) is 0 Å². The molecule has 3 aliphatic heterocycles. The van der Waals surface area contributed by atoms with Gasteiger partial charge in [0.1, 0.15) is 5.84 Å². The van der Waals surface area contributed by atoms with Crippen molar-refractivity contribution in [3.05, 3.63) is 23.9 Å². The summed E-state index contributed by atoms with van der Waals surface area (Å²) >= 11 is 0. The number of carboxylic acids is 1. The summed E-state index contributed by atoms with van der Waals surface area (Å²) in [5.74, 6) is -1.58. The summed E-state index contributed by atoms with van der Waals surface area (Å²) in [6, 6.07) is 0. The molecule has 23 heavy (non-hydrogen) atoms. The third-order valence-corrected chi connectivity index (χ3v) is 5.45. The van der Waals surface area contributed by atoms with Gasteiger partial charge in [-0.25, -0.2) is 8.42 Å². The molecule has 9 heteroatoms. The second kappa shape index (κ2) is 5.48. The SMILES string of the molecule is C[C@@H]1CN(C(=O)C2=CN3CCS(=O)(=O)N=C3C=C2)C[C@H]1C(=O)O. The molecule has 1 saturated heterocycles. The fourth-order valence-electron chi connectivity index (χ4n) is 2.96. The molecule has 0 radical (unpaired) electrons. The first-order valence-electron chi connectivity index (χ1n) is 7.28. The summed E-state index contributed by atoms with van der Waals surface area (Å²) in [6.45, 7) is 2.65. The van der Waals surface area contributed by atoms with E-state index < -0.39 is 21.9 Å². The largest absolute Gasteiger partial charge is 0.481 e. The van der Waals surface area contributed by atoms with Crippen LogP contribution < -0.4 is 0 Å². The number of carbonyl (C=O) groups is 2. The number of nitrogens with zero attached hydrogens (tertiary/aromatic N) is 3.